The quantitative estimate of drug-likeness (QED) is 0.657. The van der Waals surface area contributed by atoms with E-state index in [1.165, 1.54) is 5.56 Å². The molecule has 1 aromatic carbocycles. The molecule has 0 aliphatic carbocycles. The zero-order valence-corrected chi connectivity index (χ0v) is 11.1. The largest absolute Gasteiger partial charge is 0.370 e. The summed E-state index contributed by atoms with van der Waals surface area (Å²) in [4.78, 5) is 0. The molecule has 0 aliphatic rings. The molecule has 0 aromatic heterocycles. The molecule has 1 rings (SSSR count). The molecule has 0 saturated carbocycles. The van der Waals surface area contributed by atoms with Gasteiger partial charge < -0.3 is 4.74 Å². The van der Waals surface area contributed by atoms with Crippen molar-refractivity contribution >= 4 is 15.9 Å². The SMILES string of the molecule is COCNCC(C)(C)c1ccc(Br)cc1. The second kappa shape index (κ2) is 5.64. The highest BCUT2D eigenvalue weighted by Gasteiger charge is 2.19. The molecule has 0 amide bonds. The maximum Gasteiger partial charge on any atom is 0.0961 e. The summed E-state index contributed by atoms with van der Waals surface area (Å²) in [6, 6.07) is 8.46. The van der Waals surface area contributed by atoms with E-state index >= 15 is 0 Å². The highest BCUT2D eigenvalue weighted by molar-refractivity contribution is 9.10. The number of ether oxygens (including phenoxy) is 1. The highest BCUT2D eigenvalue weighted by atomic mass is 79.9. The highest BCUT2D eigenvalue weighted by Crippen LogP contribution is 2.23. The smallest absolute Gasteiger partial charge is 0.0961 e. The van der Waals surface area contributed by atoms with Crippen LogP contribution in [0.2, 0.25) is 0 Å². The lowest BCUT2D eigenvalue weighted by Gasteiger charge is -2.25. The Labute approximate surface area is 100 Å². The fraction of sp³-hybridized carbons (Fsp3) is 0.500. The minimum absolute atomic E-state index is 0.124. The first kappa shape index (κ1) is 12.7. The molecule has 1 N–H and O–H groups in total. The number of hydrogen-bond donors (Lipinski definition) is 1. The van der Waals surface area contributed by atoms with E-state index in [1.54, 1.807) is 7.11 Å². The van der Waals surface area contributed by atoms with Crippen molar-refractivity contribution in [2.75, 3.05) is 20.4 Å². The van der Waals surface area contributed by atoms with E-state index in [0.717, 1.165) is 11.0 Å². The molecule has 0 aliphatic heterocycles. The normalized spacial score (nSPS) is 11.7. The van der Waals surface area contributed by atoms with Crippen LogP contribution in [0.25, 0.3) is 0 Å². The van der Waals surface area contributed by atoms with Crippen molar-refractivity contribution < 1.29 is 4.74 Å². The van der Waals surface area contributed by atoms with Gasteiger partial charge in [0.05, 0.1) is 6.73 Å². The summed E-state index contributed by atoms with van der Waals surface area (Å²) < 4.78 is 6.09. The van der Waals surface area contributed by atoms with Gasteiger partial charge in [-0.3, -0.25) is 5.32 Å². The number of hydrogen-bond acceptors (Lipinski definition) is 2. The summed E-state index contributed by atoms with van der Waals surface area (Å²) in [6.45, 7) is 5.94. The standard InChI is InChI=1S/C12H18BrNO/c1-12(2,8-14-9-15-3)10-4-6-11(13)7-5-10/h4-7,14H,8-9H2,1-3H3. The third-order valence-corrected chi connectivity index (χ3v) is 2.97. The van der Waals surface area contributed by atoms with Crippen LogP contribution in [0.3, 0.4) is 0 Å². The van der Waals surface area contributed by atoms with Crippen molar-refractivity contribution in [1.29, 1.82) is 0 Å². The van der Waals surface area contributed by atoms with Gasteiger partial charge in [0.15, 0.2) is 0 Å². The molecule has 15 heavy (non-hydrogen) atoms. The molecule has 0 saturated heterocycles. The second-order valence-corrected chi connectivity index (χ2v) is 5.17. The molecular formula is C12H18BrNO. The van der Waals surface area contributed by atoms with Crippen LogP contribution in [-0.4, -0.2) is 20.4 Å². The van der Waals surface area contributed by atoms with Gasteiger partial charge in [-0.15, -0.1) is 0 Å². The first-order valence-corrected chi connectivity index (χ1v) is 5.81. The van der Waals surface area contributed by atoms with E-state index in [1.807, 2.05) is 0 Å². The summed E-state index contributed by atoms with van der Waals surface area (Å²) in [5.41, 5.74) is 1.45. The van der Waals surface area contributed by atoms with Crippen LogP contribution in [0.15, 0.2) is 28.7 Å². The Bertz CT molecular complexity index is 295. The van der Waals surface area contributed by atoms with Gasteiger partial charge in [0.1, 0.15) is 0 Å². The predicted octanol–water partition coefficient (Wildman–Crippen LogP) is 2.92. The molecule has 0 atom stereocenters. The van der Waals surface area contributed by atoms with Gasteiger partial charge in [-0.2, -0.15) is 0 Å². The summed E-state index contributed by atoms with van der Waals surface area (Å²) in [5.74, 6) is 0. The van der Waals surface area contributed by atoms with E-state index in [-0.39, 0.29) is 5.41 Å². The van der Waals surface area contributed by atoms with Gasteiger partial charge >= 0.3 is 0 Å². The number of nitrogens with one attached hydrogen (secondary N) is 1. The minimum atomic E-state index is 0.124. The van der Waals surface area contributed by atoms with E-state index in [4.69, 9.17) is 4.74 Å². The molecule has 0 bridgehead atoms. The maximum atomic E-state index is 4.97. The summed E-state index contributed by atoms with van der Waals surface area (Å²) in [5, 5.41) is 3.25. The van der Waals surface area contributed by atoms with Gasteiger partial charge in [-0.05, 0) is 17.7 Å². The summed E-state index contributed by atoms with van der Waals surface area (Å²) >= 11 is 3.44. The number of methoxy groups -OCH3 is 1. The van der Waals surface area contributed by atoms with Gasteiger partial charge in [0, 0.05) is 23.5 Å². The molecule has 3 heteroatoms. The fourth-order valence-electron chi connectivity index (χ4n) is 1.47. The zero-order chi connectivity index (χ0) is 11.3. The van der Waals surface area contributed by atoms with Crippen LogP contribution >= 0.6 is 15.9 Å². The Kier molecular flexibility index (Phi) is 4.77. The number of rotatable bonds is 5. The topological polar surface area (TPSA) is 21.3 Å². The van der Waals surface area contributed by atoms with E-state index in [0.29, 0.717) is 6.73 Å². The van der Waals surface area contributed by atoms with Gasteiger partial charge in [-0.25, -0.2) is 0 Å². The number of benzene rings is 1. The van der Waals surface area contributed by atoms with E-state index in [2.05, 4.69) is 59.4 Å². The van der Waals surface area contributed by atoms with Crippen molar-refractivity contribution in [3.05, 3.63) is 34.3 Å². The zero-order valence-electron chi connectivity index (χ0n) is 9.51. The Morgan fingerprint density at radius 3 is 2.40 bits per heavy atom. The molecule has 0 spiro atoms. The molecule has 0 radical (unpaired) electrons. The Morgan fingerprint density at radius 1 is 1.27 bits per heavy atom. The Balaban J connectivity index is 2.63. The summed E-state index contributed by atoms with van der Waals surface area (Å²) in [6.07, 6.45) is 0. The van der Waals surface area contributed by atoms with Crippen molar-refractivity contribution in [2.24, 2.45) is 0 Å². The molecule has 84 valence electrons. The lowest BCUT2D eigenvalue weighted by molar-refractivity contribution is 0.169. The Morgan fingerprint density at radius 2 is 1.87 bits per heavy atom. The second-order valence-electron chi connectivity index (χ2n) is 4.25. The van der Waals surface area contributed by atoms with Crippen LogP contribution in [-0.2, 0) is 10.2 Å². The van der Waals surface area contributed by atoms with Crippen molar-refractivity contribution in [3.63, 3.8) is 0 Å². The van der Waals surface area contributed by atoms with Crippen LogP contribution in [0.5, 0.6) is 0 Å². The van der Waals surface area contributed by atoms with Crippen molar-refractivity contribution in [2.45, 2.75) is 19.3 Å². The molecule has 0 fully saturated rings. The van der Waals surface area contributed by atoms with Gasteiger partial charge in [-0.1, -0.05) is 41.9 Å². The molecule has 2 nitrogen and oxygen atoms in total. The monoisotopic (exact) mass is 271 g/mol. The van der Waals surface area contributed by atoms with Crippen LogP contribution < -0.4 is 5.32 Å². The third-order valence-electron chi connectivity index (χ3n) is 2.44. The van der Waals surface area contributed by atoms with Crippen molar-refractivity contribution in [3.8, 4) is 0 Å². The maximum absolute atomic E-state index is 4.97. The number of halogens is 1. The van der Waals surface area contributed by atoms with Crippen LogP contribution in [0.1, 0.15) is 19.4 Å². The van der Waals surface area contributed by atoms with E-state index < -0.39 is 0 Å². The molecule has 1 aromatic rings. The first-order valence-electron chi connectivity index (χ1n) is 5.02. The van der Waals surface area contributed by atoms with Gasteiger partial charge in [0.2, 0.25) is 0 Å². The lowest BCUT2D eigenvalue weighted by atomic mass is 9.85. The van der Waals surface area contributed by atoms with Crippen molar-refractivity contribution in [1.82, 2.24) is 5.32 Å². The minimum Gasteiger partial charge on any atom is -0.370 e. The van der Waals surface area contributed by atoms with Crippen LogP contribution in [0, 0.1) is 0 Å². The van der Waals surface area contributed by atoms with Crippen LogP contribution in [0.4, 0.5) is 0 Å². The Hall–Kier alpha value is -0.380. The predicted molar refractivity (Wildman–Crippen MR) is 67.0 cm³/mol. The molecule has 0 heterocycles. The average Bonchev–Trinajstić information content (AvgIpc) is 2.18. The average molecular weight is 272 g/mol. The fourth-order valence-corrected chi connectivity index (χ4v) is 1.73. The first-order chi connectivity index (χ1) is 7.06. The van der Waals surface area contributed by atoms with Gasteiger partial charge in [0.25, 0.3) is 0 Å². The third kappa shape index (κ3) is 3.93. The van der Waals surface area contributed by atoms with E-state index in [9.17, 15) is 0 Å². The molecular weight excluding hydrogens is 254 g/mol. The molecule has 0 unspecified atom stereocenters. The summed E-state index contributed by atoms with van der Waals surface area (Å²) in [7, 11) is 1.69. The lowest BCUT2D eigenvalue weighted by Crippen LogP contribution is -2.33.